The van der Waals surface area contributed by atoms with E-state index >= 15 is 0 Å². The van der Waals surface area contributed by atoms with Crippen LogP contribution in [0.15, 0.2) is 97.2 Å². The van der Waals surface area contributed by atoms with Crippen molar-refractivity contribution < 1.29 is 44.7 Å². The van der Waals surface area contributed by atoms with Gasteiger partial charge >= 0.3 is 12.4 Å². The molecule has 4 rings (SSSR count). The van der Waals surface area contributed by atoms with Crippen molar-refractivity contribution in [2.45, 2.75) is 29.8 Å². The van der Waals surface area contributed by atoms with Gasteiger partial charge in [0.15, 0.2) is 0 Å². The number of aromatic nitrogens is 1. The van der Waals surface area contributed by atoms with Crippen LogP contribution in [-0.2, 0) is 33.1 Å². The van der Waals surface area contributed by atoms with Crippen molar-refractivity contribution in [1.82, 2.24) is 10.3 Å². The number of carbonyl (C=O) groups excluding carboxylic acids is 1. The zero-order chi connectivity index (χ0) is 31.5. The highest BCUT2D eigenvalue weighted by molar-refractivity contribution is 5.88. The van der Waals surface area contributed by atoms with Gasteiger partial charge in [-0.2, -0.15) is 26.3 Å². The fourth-order valence-electron chi connectivity index (χ4n) is 5.01. The minimum atomic E-state index is -5.29. The number of nitrogens with zero attached hydrogens (tertiary/aromatic N) is 1. The number of ether oxygens (including phenoxy) is 1. The lowest BCUT2D eigenvalue weighted by atomic mass is 9.71. The summed E-state index contributed by atoms with van der Waals surface area (Å²) in [5.74, 6) is -3.78. The minimum absolute atomic E-state index is 0.133. The van der Waals surface area contributed by atoms with Gasteiger partial charge in [0, 0.05) is 19.2 Å². The van der Waals surface area contributed by atoms with E-state index in [-0.39, 0.29) is 23.7 Å². The highest BCUT2D eigenvalue weighted by atomic mass is 19.4. The monoisotopic (exact) mass is 608 g/mol. The topological polar surface area (TPSA) is 51.2 Å². The van der Waals surface area contributed by atoms with E-state index in [9.17, 15) is 39.9 Å². The van der Waals surface area contributed by atoms with Crippen LogP contribution in [0.25, 0.3) is 0 Å². The number of amides is 1. The summed E-state index contributed by atoms with van der Waals surface area (Å²) in [5, 5.41) is 2.21. The van der Waals surface area contributed by atoms with Gasteiger partial charge < -0.3 is 10.1 Å². The van der Waals surface area contributed by atoms with Crippen molar-refractivity contribution >= 4 is 5.91 Å². The van der Waals surface area contributed by atoms with E-state index in [2.05, 4.69) is 10.3 Å². The molecule has 0 saturated heterocycles. The smallest absolute Gasteiger partial charge is 0.356 e. The fourth-order valence-corrected chi connectivity index (χ4v) is 5.01. The third-order valence-corrected chi connectivity index (χ3v) is 7.10. The first-order valence-electron chi connectivity index (χ1n) is 12.7. The molecule has 1 unspecified atom stereocenters. The number of carbonyl (C=O) groups is 1. The third-order valence-electron chi connectivity index (χ3n) is 7.10. The number of rotatable bonds is 9. The number of alkyl halides is 6. The first-order valence-corrected chi connectivity index (χ1v) is 12.7. The second-order valence-electron chi connectivity index (χ2n) is 9.76. The Balaban J connectivity index is 1.94. The number of pyridine rings is 1. The highest BCUT2D eigenvalue weighted by Crippen LogP contribution is 2.43. The van der Waals surface area contributed by atoms with E-state index in [4.69, 9.17) is 4.74 Å². The predicted octanol–water partition coefficient (Wildman–Crippen LogP) is 7.13. The third kappa shape index (κ3) is 6.38. The van der Waals surface area contributed by atoms with Crippen molar-refractivity contribution in [1.29, 1.82) is 0 Å². The van der Waals surface area contributed by atoms with Crippen LogP contribution in [0.1, 0.15) is 27.9 Å². The summed E-state index contributed by atoms with van der Waals surface area (Å²) in [4.78, 5) is 17.6. The number of methoxy groups -OCH3 is 1. The molecule has 0 radical (unpaired) electrons. The molecular weight excluding hydrogens is 584 g/mol. The van der Waals surface area contributed by atoms with Crippen LogP contribution in [0.2, 0.25) is 0 Å². The van der Waals surface area contributed by atoms with Gasteiger partial charge in [-0.3, -0.25) is 9.78 Å². The molecule has 43 heavy (non-hydrogen) atoms. The molecule has 226 valence electrons. The number of hydrogen-bond donors (Lipinski definition) is 1. The summed E-state index contributed by atoms with van der Waals surface area (Å²) in [7, 11) is 0.695. The molecule has 1 amide bonds. The van der Waals surface area contributed by atoms with E-state index in [0.29, 0.717) is 18.7 Å². The highest BCUT2D eigenvalue weighted by Gasteiger charge is 2.62. The van der Waals surface area contributed by atoms with E-state index in [1.165, 1.54) is 18.2 Å². The molecule has 3 aromatic carbocycles. The zero-order valence-electron chi connectivity index (χ0n) is 22.4. The molecule has 2 atom stereocenters. The van der Waals surface area contributed by atoms with Crippen LogP contribution in [0, 0.1) is 11.6 Å². The molecule has 0 aliphatic rings. The molecule has 0 bridgehead atoms. The molecule has 12 heteroatoms. The predicted molar refractivity (Wildman–Crippen MR) is 141 cm³/mol. The maximum Gasteiger partial charge on any atom is 0.430 e. The maximum absolute atomic E-state index is 14.8. The standard InChI is InChI=1S/C31H24F8N2O2/c1-43-29(31(37,38)39,21-10-6-3-7-11-21)27(42)41-19-28(17-20-8-4-2-5-9-20,26-13-12-24(32)18-40-26)22-14-23(30(34,35)36)16-25(33)15-22/h2-16,18H,17,19H2,1H3,(H,41,42)/t28-,29?/m0/s1. The van der Waals surface area contributed by atoms with Gasteiger partial charge in [0.2, 0.25) is 0 Å². The Kier molecular flexibility index (Phi) is 8.91. The molecule has 1 heterocycles. The van der Waals surface area contributed by atoms with Crippen molar-refractivity contribution in [3.8, 4) is 0 Å². The van der Waals surface area contributed by atoms with Crippen LogP contribution < -0.4 is 5.32 Å². The van der Waals surface area contributed by atoms with E-state index in [1.54, 1.807) is 30.3 Å². The molecule has 4 aromatic rings. The molecule has 1 aromatic heterocycles. The molecule has 0 fully saturated rings. The van der Waals surface area contributed by atoms with Crippen LogP contribution in [0.4, 0.5) is 35.1 Å². The Morgan fingerprint density at radius 3 is 1.91 bits per heavy atom. The number of halogens is 8. The molecule has 4 nitrogen and oxygen atoms in total. The maximum atomic E-state index is 14.8. The molecular formula is C31H24F8N2O2. The van der Waals surface area contributed by atoms with Crippen molar-refractivity contribution in [2.24, 2.45) is 0 Å². The molecule has 0 aliphatic heterocycles. The Morgan fingerprint density at radius 2 is 1.37 bits per heavy atom. The Labute approximate surface area is 241 Å². The van der Waals surface area contributed by atoms with E-state index in [1.807, 2.05) is 0 Å². The van der Waals surface area contributed by atoms with Gasteiger partial charge in [-0.05, 0) is 47.9 Å². The molecule has 0 aliphatic carbocycles. The second kappa shape index (κ2) is 12.1. The SMILES string of the molecule is COC(C(=O)NC[C@@](Cc1ccccc1)(c1cc(F)cc(C(F)(F)F)c1)c1ccc(F)cn1)(c1ccccc1)C(F)(F)F. The minimum Gasteiger partial charge on any atom is -0.356 e. The van der Waals surface area contributed by atoms with Crippen molar-refractivity contribution in [2.75, 3.05) is 13.7 Å². The first kappa shape index (κ1) is 31.6. The second-order valence-corrected chi connectivity index (χ2v) is 9.76. The molecule has 1 N–H and O–H groups in total. The summed E-state index contributed by atoms with van der Waals surface area (Å²) in [6, 6.07) is 17.9. The normalized spacial score (nSPS) is 14.9. The Bertz CT molecular complexity index is 1540. The summed E-state index contributed by atoms with van der Waals surface area (Å²) in [6.45, 7) is -0.811. The van der Waals surface area contributed by atoms with E-state index in [0.717, 1.165) is 36.5 Å². The molecule has 0 spiro atoms. The quantitative estimate of drug-likeness (QED) is 0.206. The Hall–Kier alpha value is -4.32. The summed E-state index contributed by atoms with van der Waals surface area (Å²) in [6.07, 6.45) is -9.79. The first-order chi connectivity index (χ1) is 20.2. The summed E-state index contributed by atoms with van der Waals surface area (Å²) >= 11 is 0. The lowest BCUT2D eigenvalue weighted by Gasteiger charge is -2.38. The van der Waals surface area contributed by atoms with Crippen LogP contribution in [0.3, 0.4) is 0 Å². The lowest BCUT2D eigenvalue weighted by Crippen LogP contribution is -2.58. The zero-order valence-corrected chi connectivity index (χ0v) is 22.4. The van der Waals surface area contributed by atoms with Crippen LogP contribution >= 0.6 is 0 Å². The van der Waals surface area contributed by atoms with Gasteiger partial charge in [-0.15, -0.1) is 0 Å². The van der Waals surface area contributed by atoms with Gasteiger partial charge in [-0.1, -0.05) is 60.7 Å². The van der Waals surface area contributed by atoms with Crippen molar-refractivity contribution in [3.63, 3.8) is 0 Å². The van der Waals surface area contributed by atoms with Gasteiger partial charge in [0.1, 0.15) is 11.6 Å². The van der Waals surface area contributed by atoms with Crippen LogP contribution in [0.5, 0.6) is 0 Å². The number of hydrogen-bond acceptors (Lipinski definition) is 3. The summed E-state index contributed by atoms with van der Waals surface area (Å²) in [5.41, 5.74) is -7.40. The van der Waals surface area contributed by atoms with Crippen LogP contribution in [-0.4, -0.2) is 30.7 Å². The largest absolute Gasteiger partial charge is 0.430 e. The van der Waals surface area contributed by atoms with E-state index < -0.39 is 58.6 Å². The Morgan fingerprint density at radius 1 is 0.767 bits per heavy atom. The van der Waals surface area contributed by atoms with Gasteiger partial charge in [0.05, 0.1) is 22.9 Å². The van der Waals surface area contributed by atoms with Crippen molar-refractivity contribution in [3.05, 3.63) is 137 Å². The summed E-state index contributed by atoms with van der Waals surface area (Å²) < 4.78 is 119. The average Bonchev–Trinajstić information content (AvgIpc) is 2.96. The number of benzene rings is 3. The fraction of sp³-hybridized carbons (Fsp3) is 0.226. The van der Waals surface area contributed by atoms with Gasteiger partial charge in [0.25, 0.3) is 11.5 Å². The lowest BCUT2D eigenvalue weighted by molar-refractivity contribution is -0.265. The number of nitrogens with one attached hydrogen (secondary N) is 1. The average molecular weight is 609 g/mol. The van der Waals surface area contributed by atoms with Gasteiger partial charge in [-0.25, -0.2) is 8.78 Å². The molecule has 0 saturated carbocycles.